The number of hydrogen-bond acceptors (Lipinski definition) is 14. The molecule has 2 aliphatic rings. The number of β-amino-alcohol motifs (C(OH)–C–C–N with tert-alkyl or cyclic N) is 1. The van der Waals surface area contributed by atoms with Gasteiger partial charge in [0.1, 0.15) is 41.7 Å². The smallest absolute Gasteiger partial charge is 0.335 e. The number of anilines is 1. The SMILES string of the molecule is O=COC(=O)C(c1c(F)cc(OCCCC2CCN(c3ncc(Cl)cn3)CC2)cc1F)N1CCN(CC(O)C(O)C(O)C(O)CO)CC1. The zero-order valence-corrected chi connectivity index (χ0v) is 27.0. The predicted molar refractivity (Wildman–Crippen MR) is 167 cm³/mol. The topological polar surface area (TPSA) is 189 Å². The molecule has 1 aromatic heterocycles. The van der Waals surface area contributed by atoms with Crippen molar-refractivity contribution in [2.45, 2.75) is 56.1 Å². The molecule has 266 valence electrons. The summed E-state index contributed by atoms with van der Waals surface area (Å²) in [5.74, 6) is -2.22. The number of piperidine rings is 1. The molecular weight excluding hydrogens is 660 g/mol. The van der Waals surface area contributed by atoms with Crippen LogP contribution in [0.4, 0.5) is 14.7 Å². The Morgan fingerprint density at radius 1 is 0.979 bits per heavy atom. The van der Waals surface area contributed by atoms with E-state index in [9.17, 15) is 30.0 Å². The van der Waals surface area contributed by atoms with E-state index in [1.165, 1.54) is 4.90 Å². The van der Waals surface area contributed by atoms with Crippen LogP contribution in [-0.4, -0.2) is 141 Å². The van der Waals surface area contributed by atoms with E-state index in [0.29, 0.717) is 23.3 Å². The quantitative estimate of drug-likeness (QED) is 0.0695. The minimum Gasteiger partial charge on any atom is -0.493 e. The minimum atomic E-state index is -1.78. The number of benzene rings is 1. The van der Waals surface area contributed by atoms with Crippen LogP contribution in [0.25, 0.3) is 0 Å². The lowest BCUT2D eigenvalue weighted by atomic mass is 9.92. The lowest BCUT2D eigenvalue weighted by molar-refractivity contribution is -0.157. The van der Waals surface area contributed by atoms with Crippen LogP contribution < -0.4 is 9.64 Å². The summed E-state index contributed by atoms with van der Waals surface area (Å²) >= 11 is 5.87. The molecule has 0 aliphatic carbocycles. The standard InChI is InChI=1S/C31H42ClF2N5O9/c32-20-14-35-31(36-15-20)39-5-3-19(4-6-39)2-1-11-47-21-12-22(33)26(23(34)13-21)27(30(46)48-18-41)38-9-7-37(8-10-38)16-24(42)28(44)29(45)25(43)17-40/h12-15,18-19,24-25,27-29,40,42-45H,1-11,16-17H2. The van der Waals surface area contributed by atoms with Gasteiger partial charge in [-0.25, -0.2) is 23.5 Å². The number of aliphatic hydroxyl groups excluding tert-OH is 5. The molecule has 14 nitrogen and oxygen atoms in total. The number of ether oxygens (including phenoxy) is 2. The van der Waals surface area contributed by atoms with E-state index >= 15 is 8.78 Å². The van der Waals surface area contributed by atoms with Gasteiger partial charge in [-0.15, -0.1) is 0 Å². The maximum atomic E-state index is 15.4. The molecule has 1 aromatic carbocycles. The van der Waals surface area contributed by atoms with Gasteiger partial charge in [-0.1, -0.05) is 11.6 Å². The fourth-order valence-corrected chi connectivity index (χ4v) is 6.16. The molecule has 2 aliphatic heterocycles. The third-order valence-corrected chi connectivity index (χ3v) is 8.98. The molecule has 2 fully saturated rings. The first-order chi connectivity index (χ1) is 23.0. The van der Waals surface area contributed by atoms with Crippen LogP contribution in [0.1, 0.15) is 37.3 Å². The van der Waals surface area contributed by atoms with Gasteiger partial charge in [-0.2, -0.15) is 0 Å². The summed E-state index contributed by atoms with van der Waals surface area (Å²) < 4.78 is 41.0. The Hall–Kier alpha value is -3.09. The summed E-state index contributed by atoms with van der Waals surface area (Å²) in [5, 5.41) is 49.2. The second kappa shape index (κ2) is 18.1. The van der Waals surface area contributed by atoms with Gasteiger partial charge >= 0.3 is 12.4 Å². The van der Waals surface area contributed by atoms with E-state index in [-0.39, 0.29) is 51.6 Å². The Bertz CT molecular complexity index is 1310. The molecule has 0 bridgehead atoms. The second-order valence-electron chi connectivity index (χ2n) is 12.0. The molecule has 5 N–H and O–H groups in total. The van der Waals surface area contributed by atoms with Gasteiger partial charge < -0.3 is 39.9 Å². The highest BCUT2D eigenvalue weighted by Gasteiger charge is 2.37. The van der Waals surface area contributed by atoms with Crippen molar-refractivity contribution in [2.24, 2.45) is 5.92 Å². The highest BCUT2D eigenvalue weighted by atomic mass is 35.5. The summed E-state index contributed by atoms with van der Waals surface area (Å²) in [4.78, 5) is 37.5. The summed E-state index contributed by atoms with van der Waals surface area (Å²) in [6, 6.07) is 0.391. The Morgan fingerprint density at radius 2 is 1.58 bits per heavy atom. The van der Waals surface area contributed by atoms with Gasteiger partial charge in [-0.05, 0) is 31.6 Å². The molecular formula is C31H42ClF2N5O9. The molecule has 0 spiro atoms. The fraction of sp³-hybridized carbons (Fsp3) is 0.613. The number of carbonyl (C=O) groups is 2. The predicted octanol–water partition coefficient (Wildman–Crippen LogP) is 0.278. The molecule has 0 radical (unpaired) electrons. The van der Waals surface area contributed by atoms with Crippen LogP contribution >= 0.6 is 11.6 Å². The number of halogens is 3. The number of aromatic nitrogens is 2. The van der Waals surface area contributed by atoms with Crippen molar-refractivity contribution in [3.63, 3.8) is 0 Å². The molecule has 17 heteroatoms. The second-order valence-corrected chi connectivity index (χ2v) is 12.4. The van der Waals surface area contributed by atoms with Crippen molar-refractivity contribution in [2.75, 3.05) is 63.9 Å². The molecule has 48 heavy (non-hydrogen) atoms. The lowest BCUT2D eigenvalue weighted by Gasteiger charge is -2.39. The Morgan fingerprint density at radius 3 is 2.17 bits per heavy atom. The zero-order valence-electron chi connectivity index (χ0n) is 26.3. The first-order valence-electron chi connectivity index (χ1n) is 15.8. The fourth-order valence-electron chi connectivity index (χ4n) is 6.06. The Balaban J connectivity index is 1.29. The minimum absolute atomic E-state index is 0.0446. The van der Waals surface area contributed by atoms with Crippen LogP contribution in [0.5, 0.6) is 5.75 Å². The maximum Gasteiger partial charge on any atom is 0.335 e. The number of aliphatic hydroxyl groups is 5. The van der Waals surface area contributed by atoms with Crippen molar-refractivity contribution in [1.29, 1.82) is 0 Å². The summed E-state index contributed by atoms with van der Waals surface area (Å²) in [6.45, 7) is 1.24. The molecule has 3 heterocycles. The van der Waals surface area contributed by atoms with Gasteiger partial charge in [-0.3, -0.25) is 14.6 Å². The van der Waals surface area contributed by atoms with Gasteiger partial charge in [0.05, 0.1) is 42.3 Å². The van der Waals surface area contributed by atoms with Crippen LogP contribution in [0.3, 0.4) is 0 Å². The first-order valence-corrected chi connectivity index (χ1v) is 16.2. The van der Waals surface area contributed by atoms with E-state index in [4.69, 9.17) is 21.4 Å². The average Bonchev–Trinajstić information content (AvgIpc) is 3.08. The lowest BCUT2D eigenvalue weighted by Crippen LogP contribution is -2.54. The van der Waals surface area contributed by atoms with Gasteiger partial charge in [0, 0.05) is 57.9 Å². The van der Waals surface area contributed by atoms with Crippen LogP contribution in [-0.2, 0) is 14.3 Å². The van der Waals surface area contributed by atoms with Crippen LogP contribution in [0.15, 0.2) is 24.5 Å². The first kappa shape index (κ1) is 37.7. The van der Waals surface area contributed by atoms with Crippen LogP contribution in [0, 0.1) is 17.6 Å². The summed E-state index contributed by atoms with van der Waals surface area (Å²) in [7, 11) is 0. The highest BCUT2D eigenvalue weighted by Crippen LogP contribution is 2.32. The third-order valence-electron chi connectivity index (χ3n) is 8.79. The highest BCUT2D eigenvalue weighted by molar-refractivity contribution is 6.30. The number of rotatable bonds is 16. The number of piperazine rings is 1. The molecule has 2 aromatic rings. The van der Waals surface area contributed by atoms with Crippen molar-refractivity contribution in [1.82, 2.24) is 19.8 Å². The zero-order chi connectivity index (χ0) is 34.8. The van der Waals surface area contributed by atoms with Crippen molar-refractivity contribution in [3.8, 4) is 5.75 Å². The summed E-state index contributed by atoms with van der Waals surface area (Å²) in [5.41, 5.74) is -0.601. The normalized spacial score (nSPS) is 19.7. The molecule has 0 saturated carbocycles. The van der Waals surface area contributed by atoms with E-state index < -0.39 is 60.2 Å². The van der Waals surface area contributed by atoms with Gasteiger partial charge in [0.15, 0.2) is 0 Å². The van der Waals surface area contributed by atoms with Crippen molar-refractivity contribution < 1.29 is 53.4 Å². The average molecular weight is 702 g/mol. The van der Waals surface area contributed by atoms with Crippen molar-refractivity contribution in [3.05, 3.63) is 46.7 Å². The van der Waals surface area contributed by atoms with Gasteiger partial charge in [0.2, 0.25) is 5.95 Å². The van der Waals surface area contributed by atoms with E-state index in [1.54, 1.807) is 17.3 Å². The molecule has 5 atom stereocenters. The third kappa shape index (κ3) is 9.98. The Labute approximate surface area is 281 Å². The van der Waals surface area contributed by atoms with E-state index in [2.05, 4.69) is 19.6 Å². The monoisotopic (exact) mass is 701 g/mol. The number of nitrogens with zero attached hydrogens (tertiary/aromatic N) is 5. The van der Waals surface area contributed by atoms with Crippen molar-refractivity contribution >= 4 is 30.0 Å². The Kier molecular flexibility index (Phi) is 14.2. The molecule has 4 rings (SSSR count). The largest absolute Gasteiger partial charge is 0.493 e. The van der Waals surface area contributed by atoms with Gasteiger partial charge in [0.25, 0.3) is 0 Å². The maximum absolute atomic E-state index is 15.4. The molecule has 5 unspecified atom stereocenters. The number of carbonyl (C=O) groups excluding carboxylic acids is 2. The number of esters is 1. The number of hydrogen-bond donors (Lipinski definition) is 5. The molecule has 0 amide bonds. The van der Waals surface area contributed by atoms with Crippen LogP contribution in [0.2, 0.25) is 5.02 Å². The van der Waals surface area contributed by atoms with E-state index in [1.807, 2.05) is 0 Å². The summed E-state index contributed by atoms with van der Waals surface area (Å²) in [6.07, 6.45) is -0.129. The van der Waals surface area contributed by atoms with E-state index in [0.717, 1.165) is 44.5 Å². The molecule has 2 saturated heterocycles.